The Kier molecular flexibility index (Phi) is 9.50. The molecule has 0 unspecified atom stereocenters. The van der Waals surface area contributed by atoms with E-state index in [1.807, 2.05) is 36.4 Å². The maximum atomic E-state index is 5.16. The van der Waals surface area contributed by atoms with Gasteiger partial charge in [-0.05, 0) is 126 Å². The van der Waals surface area contributed by atoms with Crippen LogP contribution in [0.2, 0.25) is 0 Å². The minimum absolute atomic E-state index is 0.579. The van der Waals surface area contributed by atoms with Crippen LogP contribution in [0.15, 0.2) is 261 Å². The highest BCUT2D eigenvalue weighted by molar-refractivity contribution is 6.29. The second kappa shape index (κ2) is 16.8. The first-order chi connectivity index (χ1) is 36.7. The molecule has 344 valence electrons. The molecule has 5 nitrogen and oxygen atoms in total. The van der Waals surface area contributed by atoms with E-state index < -0.39 is 0 Å². The number of rotatable bonds is 7. The van der Waals surface area contributed by atoms with Crippen molar-refractivity contribution in [3.05, 3.63) is 261 Å². The van der Waals surface area contributed by atoms with Crippen molar-refractivity contribution < 1.29 is 0 Å². The Balaban J connectivity index is 0.911. The summed E-state index contributed by atoms with van der Waals surface area (Å²) in [4.78, 5) is 15.3. The van der Waals surface area contributed by atoms with Gasteiger partial charge in [0.2, 0.25) is 5.95 Å². The first-order valence-corrected chi connectivity index (χ1v) is 25.2. The van der Waals surface area contributed by atoms with E-state index in [-0.39, 0.29) is 0 Å². The lowest BCUT2D eigenvalue weighted by molar-refractivity contribution is 0.953. The summed E-state index contributed by atoms with van der Waals surface area (Å²) in [7, 11) is 0. The minimum Gasteiger partial charge on any atom is -0.309 e. The fourth-order valence-corrected chi connectivity index (χ4v) is 11.5. The quantitative estimate of drug-likeness (QED) is 0.150. The van der Waals surface area contributed by atoms with Crippen LogP contribution in [0.4, 0.5) is 0 Å². The summed E-state index contributed by atoms with van der Waals surface area (Å²) in [6, 6.07) is 93.9. The van der Waals surface area contributed by atoms with Crippen LogP contribution in [0.25, 0.3) is 144 Å². The first-order valence-electron chi connectivity index (χ1n) is 25.2. The fraction of sp³-hybridized carbons (Fsp3) is 0. The Morgan fingerprint density at radius 2 is 0.608 bits per heavy atom. The molecule has 0 atom stereocenters. The van der Waals surface area contributed by atoms with Crippen LogP contribution >= 0.6 is 0 Å². The summed E-state index contributed by atoms with van der Waals surface area (Å²) < 4.78 is 4.67. The van der Waals surface area contributed by atoms with E-state index in [1.54, 1.807) is 0 Å². The predicted octanol–water partition coefficient (Wildman–Crippen LogP) is 17.9. The molecule has 3 aromatic heterocycles. The molecule has 12 aromatic carbocycles. The molecular formula is C69H43N5. The van der Waals surface area contributed by atoms with E-state index in [0.717, 1.165) is 49.7 Å². The normalized spacial score (nSPS) is 11.8. The van der Waals surface area contributed by atoms with Gasteiger partial charge < -0.3 is 4.57 Å². The van der Waals surface area contributed by atoms with Crippen LogP contribution in [-0.4, -0.2) is 24.1 Å². The van der Waals surface area contributed by atoms with Crippen molar-refractivity contribution in [3.8, 4) is 67.8 Å². The van der Waals surface area contributed by atoms with Crippen molar-refractivity contribution >= 4 is 75.9 Å². The van der Waals surface area contributed by atoms with Gasteiger partial charge in [-0.1, -0.05) is 200 Å². The van der Waals surface area contributed by atoms with E-state index in [9.17, 15) is 0 Å². The summed E-state index contributed by atoms with van der Waals surface area (Å²) >= 11 is 0. The molecular weight excluding hydrogens is 899 g/mol. The van der Waals surface area contributed by atoms with Gasteiger partial charge >= 0.3 is 0 Å². The van der Waals surface area contributed by atoms with Gasteiger partial charge in [-0.15, -0.1) is 0 Å². The molecule has 15 rings (SSSR count). The highest BCUT2D eigenvalue weighted by Crippen LogP contribution is 2.44. The standard InChI is InChI=1S/C69H43N5/c1-5-19-44(20-6-1)50-37-51(45-21-7-2-8-22-45)39-52(38-50)73-63-31-17-15-30-57(63)62-42-59-55-35-33-48(40-58(55)53-27-13-14-28-54(53)60(59)43-66(62)73)49-34-36-65-61(41-49)56-29-16-18-32-64(56)74(65)69-71-67(46-23-9-3-10-24-46)70-68(72-69)47-25-11-4-12-26-47/h1-43H. The Labute approximate surface area is 426 Å². The lowest BCUT2D eigenvalue weighted by Crippen LogP contribution is -2.06. The maximum absolute atomic E-state index is 5.16. The third-order valence-electron chi connectivity index (χ3n) is 14.9. The Morgan fingerprint density at radius 1 is 0.203 bits per heavy atom. The molecule has 5 heteroatoms. The molecule has 0 saturated carbocycles. The van der Waals surface area contributed by atoms with E-state index in [2.05, 4.69) is 234 Å². The Morgan fingerprint density at radius 3 is 1.18 bits per heavy atom. The first kappa shape index (κ1) is 41.8. The summed E-state index contributed by atoms with van der Waals surface area (Å²) in [6.07, 6.45) is 0. The Hall–Kier alpha value is -9.97. The van der Waals surface area contributed by atoms with E-state index >= 15 is 0 Å². The van der Waals surface area contributed by atoms with Crippen molar-refractivity contribution in [2.45, 2.75) is 0 Å². The lowest BCUT2D eigenvalue weighted by atomic mass is 9.91. The van der Waals surface area contributed by atoms with Gasteiger partial charge in [-0.25, -0.2) is 4.98 Å². The van der Waals surface area contributed by atoms with Crippen LogP contribution in [0.3, 0.4) is 0 Å². The van der Waals surface area contributed by atoms with Gasteiger partial charge in [-0.3, -0.25) is 4.57 Å². The molecule has 0 aliphatic rings. The second-order valence-corrected chi connectivity index (χ2v) is 19.2. The number of nitrogens with zero attached hydrogens (tertiary/aromatic N) is 5. The molecule has 0 saturated heterocycles. The van der Waals surface area contributed by atoms with Crippen molar-refractivity contribution in [3.63, 3.8) is 0 Å². The van der Waals surface area contributed by atoms with E-state index in [4.69, 9.17) is 15.0 Å². The van der Waals surface area contributed by atoms with Crippen LogP contribution in [0, 0.1) is 0 Å². The van der Waals surface area contributed by atoms with Gasteiger partial charge in [0.25, 0.3) is 0 Å². The zero-order valence-corrected chi connectivity index (χ0v) is 40.1. The Bertz CT molecular complexity index is 4580. The van der Waals surface area contributed by atoms with Crippen LogP contribution in [0.1, 0.15) is 0 Å². The molecule has 0 aliphatic heterocycles. The smallest absolute Gasteiger partial charge is 0.238 e. The highest BCUT2D eigenvalue weighted by Gasteiger charge is 2.21. The third-order valence-corrected chi connectivity index (χ3v) is 14.9. The molecule has 0 N–H and O–H groups in total. The molecule has 15 aromatic rings. The monoisotopic (exact) mass is 941 g/mol. The number of hydrogen-bond acceptors (Lipinski definition) is 3. The van der Waals surface area contributed by atoms with Gasteiger partial charge in [0.05, 0.1) is 22.1 Å². The van der Waals surface area contributed by atoms with Crippen molar-refractivity contribution in [2.24, 2.45) is 0 Å². The fourth-order valence-electron chi connectivity index (χ4n) is 11.5. The molecule has 0 radical (unpaired) electrons. The molecule has 0 fully saturated rings. The van der Waals surface area contributed by atoms with Crippen molar-refractivity contribution in [1.82, 2.24) is 24.1 Å². The van der Waals surface area contributed by atoms with E-state index in [0.29, 0.717) is 17.6 Å². The van der Waals surface area contributed by atoms with Crippen LogP contribution in [-0.2, 0) is 0 Å². The molecule has 3 heterocycles. The zero-order chi connectivity index (χ0) is 48.7. The van der Waals surface area contributed by atoms with Gasteiger partial charge in [0.1, 0.15) is 0 Å². The molecule has 0 amide bonds. The third kappa shape index (κ3) is 6.75. The molecule has 0 spiro atoms. The minimum atomic E-state index is 0.579. The van der Waals surface area contributed by atoms with E-state index in [1.165, 1.54) is 76.4 Å². The van der Waals surface area contributed by atoms with Crippen LogP contribution in [0.5, 0.6) is 0 Å². The molecule has 74 heavy (non-hydrogen) atoms. The summed E-state index contributed by atoms with van der Waals surface area (Å²) in [6.45, 7) is 0. The zero-order valence-electron chi connectivity index (χ0n) is 40.1. The maximum Gasteiger partial charge on any atom is 0.238 e. The number of fused-ring (bicyclic) bond motifs is 12. The van der Waals surface area contributed by atoms with Crippen LogP contribution < -0.4 is 0 Å². The highest BCUT2D eigenvalue weighted by atomic mass is 15.2. The number of aromatic nitrogens is 5. The number of hydrogen-bond donors (Lipinski definition) is 0. The topological polar surface area (TPSA) is 48.5 Å². The lowest BCUT2D eigenvalue weighted by Gasteiger charge is -2.15. The average Bonchev–Trinajstić information content (AvgIpc) is 4.03. The summed E-state index contributed by atoms with van der Waals surface area (Å²) in [5.74, 6) is 1.84. The van der Waals surface area contributed by atoms with Gasteiger partial charge in [0.15, 0.2) is 11.6 Å². The average molecular weight is 942 g/mol. The van der Waals surface area contributed by atoms with Gasteiger partial charge in [0, 0.05) is 38.4 Å². The number of benzene rings is 12. The van der Waals surface area contributed by atoms with Gasteiger partial charge in [-0.2, -0.15) is 9.97 Å². The second-order valence-electron chi connectivity index (χ2n) is 19.2. The summed E-state index contributed by atoms with van der Waals surface area (Å²) in [5, 5.41) is 12.1. The molecule has 0 bridgehead atoms. The van der Waals surface area contributed by atoms with Crippen molar-refractivity contribution in [2.75, 3.05) is 0 Å². The largest absolute Gasteiger partial charge is 0.309 e. The predicted molar refractivity (Wildman–Crippen MR) is 308 cm³/mol. The number of para-hydroxylation sites is 2. The SMILES string of the molecule is c1ccc(-c2cc(-c3ccccc3)cc(-n3c4ccccc4c4cc5c6ccc(-c7ccc8c(c7)c7ccccc7n8-c7nc(-c8ccccc8)nc(-c8ccccc8)n7)cc6c6ccccc6c5cc43)c2)cc1. The summed E-state index contributed by atoms with van der Waals surface area (Å²) in [5.41, 5.74) is 14.5. The molecule has 0 aliphatic carbocycles. The van der Waals surface area contributed by atoms with Crippen molar-refractivity contribution in [1.29, 1.82) is 0 Å².